The first-order chi connectivity index (χ1) is 11.1. The molecule has 3 atom stereocenters. The molecule has 2 N–H and O–H groups in total. The molecular weight excluding hydrogens is 316 g/mol. The Morgan fingerprint density at radius 1 is 1.26 bits per heavy atom. The minimum absolute atomic E-state index is 0.0927. The maximum Gasteiger partial charge on any atom is 0.343 e. The van der Waals surface area contributed by atoms with Crippen LogP contribution in [-0.2, 0) is 0 Å². The molecule has 0 radical (unpaired) electrons. The summed E-state index contributed by atoms with van der Waals surface area (Å²) in [5.41, 5.74) is 0.746. The molecule has 0 saturated heterocycles. The molecule has 2 fully saturated rings. The third-order valence-electron chi connectivity index (χ3n) is 5.07. The van der Waals surface area contributed by atoms with Crippen molar-refractivity contribution in [1.82, 2.24) is 5.16 Å². The summed E-state index contributed by atoms with van der Waals surface area (Å²) in [5.74, 6) is 0.951. The van der Waals surface area contributed by atoms with Gasteiger partial charge in [0.1, 0.15) is 0 Å². The van der Waals surface area contributed by atoms with Crippen molar-refractivity contribution in [2.75, 3.05) is 5.32 Å². The van der Waals surface area contributed by atoms with Gasteiger partial charge in [-0.05, 0) is 55.4 Å². The Balaban J connectivity index is 1.65. The van der Waals surface area contributed by atoms with Crippen LogP contribution in [0.3, 0.4) is 0 Å². The van der Waals surface area contributed by atoms with Crippen LogP contribution in [0.4, 0.5) is 5.82 Å². The summed E-state index contributed by atoms with van der Waals surface area (Å²) in [7, 11) is 0. The highest BCUT2D eigenvalue weighted by Gasteiger charge is 2.40. The number of nitrogens with zero attached hydrogens (tertiary/aromatic N) is 1. The van der Waals surface area contributed by atoms with E-state index in [1.54, 1.807) is 24.3 Å². The van der Waals surface area contributed by atoms with Crippen LogP contribution in [0.25, 0.3) is 11.3 Å². The zero-order valence-corrected chi connectivity index (χ0v) is 13.2. The van der Waals surface area contributed by atoms with Gasteiger partial charge in [0.2, 0.25) is 0 Å². The van der Waals surface area contributed by atoms with E-state index in [1.165, 1.54) is 19.3 Å². The molecule has 6 heteroatoms. The Morgan fingerprint density at radius 3 is 2.65 bits per heavy atom. The number of halogens is 1. The Morgan fingerprint density at radius 2 is 2.04 bits per heavy atom. The van der Waals surface area contributed by atoms with Crippen molar-refractivity contribution < 1.29 is 14.4 Å². The highest BCUT2D eigenvalue weighted by Crippen LogP contribution is 2.46. The molecule has 2 saturated carbocycles. The van der Waals surface area contributed by atoms with E-state index >= 15 is 0 Å². The number of aromatic nitrogens is 1. The molecule has 0 amide bonds. The van der Waals surface area contributed by atoms with Crippen molar-refractivity contribution in [2.45, 2.75) is 31.7 Å². The Hall–Kier alpha value is -2.01. The number of benzene rings is 1. The Bertz CT molecular complexity index is 741. The largest absolute Gasteiger partial charge is 0.477 e. The molecule has 1 heterocycles. The van der Waals surface area contributed by atoms with E-state index in [2.05, 4.69) is 10.5 Å². The predicted octanol–water partition coefficient (Wildman–Crippen LogP) is 4.29. The van der Waals surface area contributed by atoms with Crippen LogP contribution in [0, 0.1) is 11.8 Å². The molecular formula is C17H17ClN2O3. The van der Waals surface area contributed by atoms with E-state index < -0.39 is 5.97 Å². The molecule has 0 spiro atoms. The van der Waals surface area contributed by atoms with E-state index in [-0.39, 0.29) is 11.3 Å². The molecule has 2 bridgehead atoms. The van der Waals surface area contributed by atoms with Gasteiger partial charge in [0.15, 0.2) is 17.1 Å². The molecule has 1 aromatic heterocycles. The first kappa shape index (κ1) is 14.6. The highest BCUT2D eigenvalue weighted by molar-refractivity contribution is 6.30. The lowest BCUT2D eigenvalue weighted by atomic mass is 9.95. The third kappa shape index (κ3) is 2.59. The number of carboxylic acid groups (broad SMARTS) is 1. The molecule has 120 valence electrons. The molecule has 23 heavy (non-hydrogen) atoms. The van der Waals surface area contributed by atoms with Gasteiger partial charge in [-0.1, -0.05) is 23.2 Å². The average molecular weight is 333 g/mol. The van der Waals surface area contributed by atoms with Gasteiger partial charge in [0, 0.05) is 16.6 Å². The fourth-order valence-corrected chi connectivity index (χ4v) is 4.11. The number of rotatable bonds is 4. The topological polar surface area (TPSA) is 75.4 Å². The summed E-state index contributed by atoms with van der Waals surface area (Å²) in [6.07, 6.45) is 4.84. The summed E-state index contributed by atoms with van der Waals surface area (Å²) >= 11 is 5.88. The van der Waals surface area contributed by atoms with Crippen molar-refractivity contribution in [1.29, 1.82) is 0 Å². The van der Waals surface area contributed by atoms with Crippen LogP contribution < -0.4 is 5.32 Å². The zero-order chi connectivity index (χ0) is 16.0. The van der Waals surface area contributed by atoms with Gasteiger partial charge in [0.05, 0.1) is 0 Å². The van der Waals surface area contributed by atoms with Gasteiger partial charge in [0.25, 0.3) is 0 Å². The number of nitrogens with one attached hydrogen (secondary N) is 1. The predicted molar refractivity (Wildman–Crippen MR) is 86.8 cm³/mol. The number of carbonyl (C=O) groups is 1. The van der Waals surface area contributed by atoms with Crippen molar-refractivity contribution >= 4 is 23.4 Å². The SMILES string of the molecule is O=C(O)c1c(N[C@@H]2C[C@@H]3CC[C@H]2C3)noc1-c1ccc(Cl)cc1. The third-order valence-corrected chi connectivity index (χ3v) is 5.32. The summed E-state index contributed by atoms with van der Waals surface area (Å²) in [5, 5.41) is 17.5. The number of anilines is 1. The highest BCUT2D eigenvalue weighted by atomic mass is 35.5. The second-order valence-corrected chi connectivity index (χ2v) is 6.91. The quantitative estimate of drug-likeness (QED) is 0.873. The van der Waals surface area contributed by atoms with Crippen LogP contribution >= 0.6 is 11.6 Å². The van der Waals surface area contributed by atoms with E-state index in [0.29, 0.717) is 28.4 Å². The summed E-state index contributed by atoms with van der Waals surface area (Å²) in [4.78, 5) is 11.7. The molecule has 2 aliphatic rings. The van der Waals surface area contributed by atoms with E-state index in [1.807, 2.05) is 0 Å². The monoisotopic (exact) mass is 332 g/mol. The normalized spacial score (nSPS) is 25.7. The maximum atomic E-state index is 11.7. The molecule has 4 rings (SSSR count). The second kappa shape index (κ2) is 5.57. The summed E-state index contributed by atoms with van der Waals surface area (Å²) in [6.45, 7) is 0. The van der Waals surface area contributed by atoms with Gasteiger partial charge < -0.3 is 14.9 Å². The van der Waals surface area contributed by atoms with Gasteiger partial charge in [-0.25, -0.2) is 4.79 Å². The fourth-order valence-electron chi connectivity index (χ4n) is 3.98. The van der Waals surface area contributed by atoms with Crippen molar-refractivity contribution in [3.8, 4) is 11.3 Å². The minimum Gasteiger partial charge on any atom is -0.477 e. The Kier molecular flexibility index (Phi) is 3.53. The number of carboxylic acids is 1. The fraction of sp³-hybridized carbons (Fsp3) is 0.412. The van der Waals surface area contributed by atoms with Gasteiger partial charge in [-0.3, -0.25) is 0 Å². The van der Waals surface area contributed by atoms with Crippen LogP contribution in [0.1, 0.15) is 36.0 Å². The van der Waals surface area contributed by atoms with E-state index in [0.717, 1.165) is 12.3 Å². The summed E-state index contributed by atoms with van der Waals surface area (Å²) < 4.78 is 5.34. The van der Waals surface area contributed by atoms with Gasteiger partial charge in [-0.2, -0.15) is 0 Å². The first-order valence-corrected chi connectivity index (χ1v) is 8.25. The van der Waals surface area contributed by atoms with Crippen LogP contribution in [-0.4, -0.2) is 22.3 Å². The standard InChI is InChI=1S/C17H17ClN2O3/c18-12-5-3-10(4-6-12)15-14(17(21)22)16(20-23-15)19-13-8-9-1-2-11(13)7-9/h3-6,9,11,13H,1-2,7-8H2,(H,19,20)(H,21,22)/t9-,11+,13-/m1/s1. The second-order valence-electron chi connectivity index (χ2n) is 6.47. The van der Waals surface area contributed by atoms with E-state index in [9.17, 15) is 9.90 Å². The smallest absolute Gasteiger partial charge is 0.343 e. The molecule has 1 aromatic carbocycles. The summed E-state index contributed by atoms with van der Waals surface area (Å²) in [6, 6.07) is 7.17. The first-order valence-electron chi connectivity index (χ1n) is 7.87. The number of hydrogen-bond donors (Lipinski definition) is 2. The number of hydrogen-bond acceptors (Lipinski definition) is 4. The molecule has 5 nitrogen and oxygen atoms in total. The average Bonchev–Trinajstić information content (AvgIpc) is 3.23. The van der Waals surface area contributed by atoms with Crippen molar-refractivity contribution in [3.05, 3.63) is 34.9 Å². The number of aromatic carboxylic acids is 1. The van der Waals surface area contributed by atoms with Gasteiger partial charge in [-0.15, -0.1) is 0 Å². The molecule has 2 aliphatic carbocycles. The number of fused-ring (bicyclic) bond motifs is 2. The van der Waals surface area contributed by atoms with Crippen molar-refractivity contribution in [2.24, 2.45) is 11.8 Å². The lowest BCUT2D eigenvalue weighted by molar-refractivity contribution is 0.0698. The Labute approximate surface area is 138 Å². The van der Waals surface area contributed by atoms with Crippen molar-refractivity contribution in [3.63, 3.8) is 0 Å². The lowest BCUT2D eigenvalue weighted by Crippen LogP contribution is -2.26. The minimum atomic E-state index is -1.04. The lowest BCUT2D eigenvalue weighted by Gasteiger charge is -2.22. The molecule has 2 aromatic rings. The van der Waals surface area contributed by atoms with Crippen LogP contribution in [0.2, 0.25) is 5.02 Å². The molecule has 0 unspecified atom stereocenters. The van der Waals surface area contributed by atoms with E-state index in [4.69, 9.17) is 16.1 Å². The van der Waals surface area contributed by atoms with Crippen LogP contribution in [0.5, 0.6) is 0 Å². The zero-order valence-electron chi connectivity index (χ0n) is 12.5. The van der Waals surface area contributed by atoms with Crippen LogP contribution in [0.15, 0.2) is 28.8 Å². The molecule has 0 aliphatic heterocycles. The van der Waals surface area contributed by atoms with Gasteiger partial charge >= 0.3 is 5.97 Å². The maximum absolute atomic E-state index is 11.7.